The van der Waals surface area contributed by atoms with E-state index in [1.54, 1.807) is 41.3 Å². The Morgan fingerprint density at radius 1 is 1.00 bits per heavy atom. The van der Waals surface area contributed by atoms with E-state index in [-0.39, 0.29) is 11.9 Å². The van der Waals surface area contributed by atoms with Gasteiger partial charge in [-0.3, -0.25) is 4.79 Å². The SMILES string of the molecule is COc1ccccc1Nc1ncccc1C(=O)N1CCN(C(=O)Nc2ccc(C)c(Cl)c2)CC1. The van der Waals surface area contributed by atoms with Gasteiger partial charge in [-0.1, -0.05) is 29.8 Å². The Kier molecular flexibility index (Phi) is 7.18. The van der Waals surface area contributed by atoms with Crippen molar-refractivity contribution in [3.05, 3.63) is 76.9 Å². The van der Waals surface area contributed by atoms with Crippen molar-refractivity contribution in [2.45, 2.75) is 6.92 Å². The first-order valence-corrected chi connectivity index (χ1v) is 11.3. The maximum absolute atomic E-state index is 13.3. The van der Waals surface area contributed by atoms with Crippen molar-refractivity contribution in [2.24, 2.45) is 0 Å². The van der Waals surface area contributed by atoms with Crippen LogP contribution in [0.15, 0.2) is 60.8 Å². The number of anilines is 3. The highest BCUT2D eigenvalue weighted by atomic mass is 35.5. The Balaban J connectivity index is 1.40. The molecular weight excluding hydrogens is 454 g/mol. The van der Waals surface area contributed by atoms with E-state index in [1.165, 1.54) is 0 Å². The third kappa shape index (κ3) is 5.23. The molecule has 3 amide bonds. The number of pyridine rings is 1. The molecule has 2 N–H and O–H groups in total. The van der Waals surface area contributed by atoms with Crippen LogP contribution in [0.4, 0.5) is 22.0 Å². The number of ether oxygens (including phenoxy) is 1. The number of hydrogen-bond acceptors (Lipinski definition) is 5. The molecule has 176 valence electrons. The molecule has 1 fully saturated rings. The van der Waals surface area contributed by atoms with E-state index in [1.807, 2.05) is 43.3 Å². The molecule has 1 aliphatic rings. The second-order valence-corrected chi connectivity index (χ2v) is 8.31. The van der Waals surface area contributed by atoms with Gasteiger partial charge in [-0.05, 0) is 48.9 Å². The second kappa shape index (κ2) is 10.4. The molecule has 1 saturated heterocycles. The number of carbonyl (C=O) groups is 2. The van der Waals surface area contributed by atoms with Gasteiger partial charge in [0.1, 0.15) is 11.6 Å². The van der Waals surface area contributed by atoms with E-state index in [0.717, 1.165) is 11.3 Å². The molecular formula is C25H26ClN5O3. The number of urea groups is 1. The number of nitrogens with one attached hydrogen (secondary N) is 2. The molecule has 2 aromatic carbocycles. The Bertz CT molecular complexity index is 1190. The number of benzene rings is 2. The summed E-state index contributed by atoms with van der Waals surface area (Å²) in [6.07, 6.45) is 1.63. The molecule has 0 aliphatic carbocycles. The van der Waals surface area contributed by atoms with E-state index >= 15 is 0 Å². The number of aryl methyl sites for hydroxylation is 1. The second-order valence-electron chi connectivity index (χ2n) is 7.90. The first-order valence-electron chi connectivity index (χ1n) is 10.9. The van der Waals surface area contributed by atoms with Crippen molar-refractivity contribution in [1.82, 2.24) is 14.8 Å². The molecule has 1 aliphatic heterocycles. The fourth-order valence-electron chi connectivity index (χ4n) is 3.71. The predicted octanol–water partition coefficient (Wildman–Crippen LogP) is 4.79. The van der Waals surface area contributed by atoms with Crippen molar-refractivity contribution in [2.75, 3.05) is 43.9 Å². The zero-order chi connectivity index (χ0) is 24.1. The van der Waals surface area contributed by atoms with E-state index in [9.17, 15) is 9.59 Å². The van der Waals surface area contributed by atoms with Crippen LogP contribution in [0, 0.1) is 6.92 Å². The van der Waals surface area contributed by atoms with Gasteiger partial charge in [0.05, 0.1) is 18.4 Å². The van der Waals surface area contributed by atoms with Crippen molar-refractivity contribution in [3.63, 3.8) is 0 Å². The lowest BCUT2D eigenvalue weighted by atomic mass is 10.2. The van der Waals surface area contributed by atoms with E-state index in [4.69, 9.17) is 16.3 Å². The highest BCUT2D eigenvalue weighted by molar-refractivity contribution is 6.31. The minimum Gasteiger partial charge on any atom is -0.495 e. The zero-order valence-electron chi connectivity index (χ0n) is 19.0. The molecule has 1 aromatic heterocycles. The topological polar surface area (TPSA) is 86.8 Å². The fourth-order valence-corrected chi connectivity index (χ4v) is 3.89. The summed E-state index contributed by atoms with van der Waals surface area (Å²) in [6, 6.07) is 16.1. The summed E-state index contributed by atoms with van der Waals surface area (Å²) in [6.45, 7) is 3.59. The Hall–Kier alpha value is -3.78. The molecule has 9 heteroatoms. The number of aromatic nitrogens is 1. The van der Waals surface area contributed by atoms with Crippen molar-refractivity contribution < 1.29 is 14.3 Å². The number of hydrogen-bond donors (Lipinski definition) is 2. The highest BCUT2D eigenvalue weighted by Crippen LogP contribution is 2.28. The quantitative estimate of drug-likeness (QED) is 0.549. The van der Waals surface area contributed by atoms with E-state index in [2.05, 4.69) is 15.6 Å². The van der Waals surface area contributed by atoms with Gasteiger partial charge in [-0.2, -0.15) is 0 Å². The van der Waals surface area contributed by atoms with Gasteiger partial charge in [0.15, 0.2) is 0 Å². The molecule has 0 atom stereocenters. The minimum absolute atomic E-state index is 0.143. The van der Waals surface area contributed by atoms with Crippen LogP contribution in [0.5, 0.6) is 5.75 Å². The maximum atomic E-state index is 13.3. The molecule has 0 saturated carbocycles. The zero-order valence-corrected chi connectivity index (χ0v) is 19.8. The van der Waals surface area contributed by atoms with Crippen LogP contribution in [0.1, 0.15) is 15.9 Å². The monoisotopic (exact) mass is 479 g/mol. The summed E-state index contributed by atoms with van der Waals surface area (Å²) in [7, 11) is 1.59. The van der Waals surface area contributed by atoms with Crippen LogP contribution in [-0.4, -0.2) is 60.0 Å². The van der Waals surface area contributed by atoms with Crippen LogP contribution in [0.25, 0.3) is 0 Å². The molecule has 0 unspecified atom stereocenters. The summed E-state index contributed by atoms with van der Waals surface area (Å²) in [5.41, 5.74) is 2.76. The van der Waals surface area contributed by atoms with E-state index in [0.29, 0.717) is 54.0 Å². The summed E-state index contributed by atoms with van der Waals surface area (Å²) in [5, 5.41) is 6.68. The smallest absolute Gasteiger partial charge is 0.321 e. The highest BCUT2D eigenvalue weighted by Gasteiger charge is 2.26. The summed E-state index contributed by atoms with van der Waals surface area (Å²) >= 11 is 6.15. The Labute approximate surface area is 203 Å². The van der Waals surface area contributed by atoms with Gasteiger partial charge in [-0.25, -0.2) is 9.78 Å². The molecule has 8 nitrogen and oxygen atoms in total. The lowest BCUT2D eigenvalue weighted by Gasteiger charge is -2.35. The van der Waals surface area contributed by atoms with Crippen LogP contribution in [-0.2, 0) is 0 Å². The van der Waals surface area contributed by atoms with Gasteiger partial charge < -0.3 is 25.2 Å². The summed E-state index contributed by atoms with van der Waals surface area (Å²) in [5.74, 6) is 0.963. The first-order chi connectivity index (χ1) is 16.5. The standard InChI is InChI=1S/C25H26ClN5O3/c1-17-9-10-18(16-20(17)26)28-25(33)31-14-12-30(13-15-31)24(32)19-6-5-11-27-23(19)29-21-7-3-4-8-22(21)34-2/h3-11,16H,12-15H2,1-2H3,(H,27,29)(H,28,33). The molecule has 3 aromatic rings. The molecule has 0 bridgehead atoms. The van der Waals surface area contributed by atoms with Crippen LogP contribution >= 0.6 is 11.6 Å². The number of methoxy groups -OCH3 is 1. The van der Waals surface area contributed by atoms with Gasteiger partial charge in [0.25, 0.3) is 5.91 Å². The summed E-state index contributed by atoms with van der Waals surface area (Å²) in [4.78, 5) is 33.7. The van der Waals surface area contributed by atoms with Crippen molar-refractivity contribution in [3.8, 4) is 5.75 Å². The third-order valence-electron chi connectivity index (χ3n) is 5.68. The number of halogens is 1. The number of rotatable bonds is 5. The van der Waals surface area contributed by atoms with Crippen LogP contribution in [0.2, 0.25) is 5.02 Å². The fraction of sp³-hybridized carbons (Fsp3) is 0.240. The number of carbonyl (C=O) groups excluding carboxylic acids is 2. The number of amides is 3. The Morgan fingerprint density at radius 2 is 1.74 bits per heavy atom. The molecule has 34 heavy (non-hydrogen) atoms. The molecule has 4 rings (SSSR count). The van der Waals surface area contributed by atoms with Crippen LogP contribution in [0.3, 0.4) is 0 Å². The van der Waals surface area contributed by atoms with Gasteiger partial charge in [0, 0.05) is 43.1 Å². The largest absolute Gasteiger partial charge is 0.495 e. The predicted molar refractivity (Wildman–Crippen MR) is 133 cm³/mol. The molecule has 2 heterocycles. The van der Waals surface area contributed by atoms with Gasteiger partial charge in [-0.15, -0.1) is 0 Å². The van der Waals surface area contributed by atoms with Gasteiger partial charge in [0.2, 0.25) is 0 Å². The lowest BCUT2D eigenvalue weighted by molar-refractivity contribution is 0.0672. The molecule has 0 spiro atoms. The van der Waals surface area contributed by atoms with Crippen molar-refractivity contribution in [1.29, 1.82) is 0 Å². The lowest BCUT2D eigenvalue weighted by Crippen LogP contribution is -2.51. The van der Waals surface area contributed by atoms with E-state index < -0.39 is 0 Å². The third-order valence-corrected chi connectivity index (χ3v) is 6.08. The maximum Gasteiger partial charge on any atom is 0.321 e. The normalized spacial score (nSPS) is 13.4. The first kappa shape index (κ1) is 23.4. The summed E-state index contributed by atoms with van der Waals surface area (Å²) < 4.78 is 5.39. The number of piperazine rings is 1. The average molecular weight is 480 g/mol. The number of para-hydroxylation sites is 2. The number of nitrogens with zero attached hydrogens (tertiary/aromatic N) is 3. The average Bonchev–Trinajstić information content (AvgIpc) is 2.86. The van der Waals surface area contributed by atoms with Crippen LogP contribution < -0.4 is 15.4 Å². The van der Waals surface area contributed by atoms with Gasteiger partial charge >= 0.3 is 6.03 Å². The Morgan fingerprint density at radius 3 is 2.47 bits per heavy atom. The minimum atomic E-state index is -0.216. The molecule has 0 radical (unpaired) electrons. The van der Waals surface area contributed by atoms with Crippen molar-refractivity contribution >= 4 is 40.7 Å².